The van der Waals surface area contributed by atoms with Gasteiger partial charge in [0, 0.05) is 0 Å². The first-order chi connectivity index (χ1) is 7.97. The Bertz CT molecular complexity index is 406. The van der Waals surface area contributed by atoms with Gasteiger partial charge >= 0.3 is 11.9 Å². The number of aromatic carboxylic acids is 1. The first kappa shape index (κ1) is 15.7. The quantitative estimate of drug-likeness (QED) is 0.841. The Kier molecular flexibility index (Phi) is 6.61. The summed E-state index contributed by atoms with van der Waals surface area (Å²) in [4.78, 5) is 21.8. The first-order valence-electron chi connectivity index (χ1n) is 4.78. The molecular formula is C11H12Cl2O4. The summed E-state index contributed by atoms with van der Waals surface area (Å²) >= 11 is 11.3. The second-order valence-electron chi connectivity index (χ2n) is 2.61. The topological polar surface area (TPSA) is 63.6 Å². The largest absolute Gasteiger partial charge is 0.478 e. The third kappa shape index (κ3) is 3.91. The molecule has 17 heavy (non-hydrogen) atoms. The van der Waals surface area contributed by atoms with Crippen LogP contribution in [0.2, 0.25) is 10.0 Å². The second-order valence-corrected chi connectivity index (χ2v) is 3.43. The summed E-state index contributed by atoms with van der Waals surface area (Å²) in [6, 6.07) is 2.39. The van der Waals surface area contributed by atoms with E-state index in [2.05, 4.69) is 4.74 Å². The number of ether oxygens (including phenoxy) is 1. The number of carboxylic acid groups (broad SMARTS) is 1. The van der Waals surface area contributed by atoms with Gasteiger partial charge in [-0.25, -0.2) is 9.59 Å². The molecule has 1 N–H and O–H groups in total. The Morgan fingerprint density at radius 2 is 1.59 bits per heavy atom. The molecule has 0 spiro atoms. The summed E-state index contributed by atoms with van der Waals surface area (Å²) in [5, 5.41) is 8.55. The predicted molar refractivity (Wildman–Crippen MR) is 66.1 cm³/mol. The lowest BCUT2D eigenvalue weighted by Gasteiger charge is -2.04. The molecule has 4 nitrogen and oxygen atoms in total. The van der Waals surface area contributed by atoms with Gasteiger partial charge in [-0.1, -0.05) is 37.0 Å². The minimum absolute atomic E-state index is 0.101. The van der Waals surface area contributed by atoms with Crippen molar-refractivity contribution < 1.29 is 19.4 Å². The standard InChI is InChI=1S/C9H6Cl2O4.C2H6/c1-15-9(14)4-2-5(10)7(8(12)13)6(11)3-4;1-2/h2-3H,1H3,(H,12,13);1-2H3. The van der Waals surface area contributed by atoms with Crippen molar-refractivity contribution in [1.82, 2.24) is 0 Å². The van der Waals surface area contributed by atoms with Gasteiger partial charge in [0.2, 0.25) is 0 Å². The summed E-state index contributed by atoms with van der Waals surface area (Å²) < 4.78 is 4.44. The Balaban J connectivity index is 0.00000121. The van der Waals surface area contributed by atoms with Gasteiger partial charge in [0.1, 0.15) is 0 Å². The molecule has 1 rings (SSSR count). The van der Waals surface area contributed by atoms with Crippen LogP contribution in [0.5, 0.6) is 0 Å². The summed E-state index contributed by atoms with van der Waals surface area (Å²) in [5.74, 6) is -1.88. The van der Waals surface area contributed by atoms with Crippen LogP contribution >= 0.6 is 23.2 Å². The van der Waals surface area contributed by atoms with Gasteiger partial charge in [-0.3, -0.25) is 0 Å². The van der Waals surface area contributed by atoms with Crippen LogP contribution in [-0.2, 0) is 4.74 Å². The normalized spacial score (nSPS) is 9.00. The van der Waals surface area contributed by atoms with Crippen molar-refractivity contribution in [3.63, 3.8) is 0 Å². The van der Waals surface area contributed by atoms with E-state index < -0.39 is 11.9 Å². The summed E-state index contributed by atoms with van der Waals surface area (Å²) in [6.07, 6.45) is 0. The maximum absolute atomic E-state index is 11.1. The van der Waals surface area contributed by atoms with Crippen LogP contribution < -0.4 is 0 Å². The van der Waals surface area contributed by atoms with Gasteiger partial charge in [-0.05, 0) is 12.1 Å². The van der Waals surface area contributed by atoms with Gasteiger partial charge in [-0.15, -0.1) is 0 Å². The smallest absolute Gasteiger partial charge is 0.338 e. The van der Waals surface area contributed by atoms with Crippen LogP contribution in [0.1, 0.15) is 34.6 Å². The van der Waals surface area contributed by atoms with Gasteiger partial charge in [0.15, 0.2) is 0 Å². The Hall–Kier alpha value is -1.26. The number of carbonyl (C=O) groups excluding carboxylic acids is 1. The maximum atomic E-state index is 11.1. The van der Waals surface area contributed by atoms with Crippen LogP contribution in [-0.4, -0.2) is 24.2 Å². The predicted octanol–water partition coefficient (Wildman–Crippen LogP) is 3.50. The van der Waals surface area contributed by atoms with Crippen molar-refractivity contribution in [1.29, 1.82) is 0 Å². The molecule has 0 aliphatic rings. The molecule has 0 radical (unpaired) electrons. The van der Waals surface area contributed by atoms with Gasteiger partial charge in [0.25, 0.3) is 0 Å². The highest BCUT2D eigenvalue weighted by molar-refractivity contribution is 6.39. The lowest BCUT2D eigenvalue weighted by atomic mass is 10.1. The SMILES string of the molecule is CC.COC(=O)c1cc(Cl)c(C(=O)O)c(Cl)c1. The molecule has 0 atom stereocenters. The average Bonchev–Trinajstić information content (AvgIpc) is 2.29. The molecule has 94 valence electrons. The van der Waals surface area contributed by atoms with Crippen molar-refractivity contribution >= 4 is 35.1 Å². The van der Waals surface area contributed by atoms with E-state index >= 15 is 0 Å². The number of benzene rings is 1. The molecule has 0 saturated heterocycles. The van der Waals surface area contributed by atoms with Crippen LogP contribution in [0.15, 0.2) is 12.1 Å². The fraction of sp³-hybridized carbons (Fsp3) is 0.273. The number of hydrogen-bond donors (Lipinski definition) is 1. The number of methoxy groups -OCH3 is 1. The molecule has 1 aromatic carbocycles. The number of halogens is 2. The van der Waals surface area contributed by atoms with E-state index in [0.29, 0.717) is 0 Å². The molecule has 0 aromatic heterocycles. The van der Waals surface area contributed by atoms with Gasteiger partial charge in [0.05, 0.1) is 28.3 Å². The van der Waals surface area contributed by atoms with E-state index in [0.717, 1.165) is 0 Å². The van der Waals surface area contributed by atoms with Gasteiger partial charge < -0.3 is 9.84 Å². The van der Waals surface area contributed by atoms with Crippen molar-refractivity contribution in [2.24, 2.45) is 0 Å². The number of rotatable bonds is 2. The van der Waals surface area contributed by atoms with Crippen LogP contribution in [0, 0.1) is 0 Å². The van der Waals surface area contributed by atoms with Crippen molar-refractivity contribution in [3.05, 3.63) is 33.3 Å². The molecule has 0 aliphatic carbocycles. The minimum atomic E-state index is -1.25. The molecular weight excluding hydrogens is 267 g/mol. The molecule has 0 unspecified atom stereocenters. The maximum Gasteiger partial charge on any atom is 0.338 e. The van der Waals surface area contributed by atoms with Crippen LogP contribution in [0.25, 0.3) is 0 Å². The van der Waals surface area contributed by atoms with E-state index in [9.17, 15) is 9.59 Å². The second kappa shape index (κ2) is 7.14. The van der Waals surface area contributed by atoms with Crippen molar-refractivity contribution in [3.8, 4) is 0 Å². The van der Waals surface area contributed by atoms with E-state index in [1.165, 1.54) is 19.2 Å². The third-order valence-corrected chi connectivity index (χ3v) is 2.27. The molecule has 0 fully saturated rings. The Morgan fingerprint density at radius 1 is 1.18 bits per heavy atom. The van der Waals surface area contributed by atoms with E-state index in [1.54, 1.807) is 0 Å². The molecule has 6 heteroatoms. The average molecular weight is 279 g/mol. The summed E-state index contributed by atoms with van der Waals surface area (Å²) in [5.41, 5.74) is -0.122. The summed E-state index contributed by atoms with van der Waals surface area (Å²) in [6.45, 7) is 4.00. The number of carbonyl (C=O) groups is 2. The molecule has 0 heterocycles. The lowest BCUT2D eigenvalue weighted by molar-refractivity contribution is 0.0598. The molecule has 1 aromatic rings. The monoisotopic (exact) mass is 278 g/mol. The van der Waals surface area contributed by atoms with E-state index in [4.69, 9.17) is 28.3 Å². The zero-order valence-electron chi connectivity index (χ0n) is 9.58. The molecule has 0 bridgehead atoms. The zero-order valence-corrected chi connectivity index (χ0v) is 11.1. The molecule has 0 saturated carbocycles. The fourth-order valence-corrected chi connectivity index (χ4v) is 1.66. The highest BCUT2D eigenvalue weighted by atomic mass is 35.5. The van der Waals surface area contributed by atoms with Crippen LogP contribution in [0.4, 0.5) is 0 Å². The van der Waals surface area contributed by atoms with E-state index in [-0.39, 0.29) is 21.2 Å². The zero-order chi connectivity index (χ0) is 13.6. The number of carboxylic acids is 1. The Labute approximate surface area is 109 Å². The Morgan fingerprint density at radius 3 is 1.88 bits per heavy atom. The highest BCUT2D eigenvalue weighted by Gasteiger charge is 2.17. The highest BCUT2D eigenvalue weighted by Crippen LogP contribution is 2.26. The van der Waals surface area contributed by atoms with Crippen LogP contribution in [0.3, 0.4) is 0 Å². The molecule has 0 aliphatic heterocycles. The van der Waals surface area contributed by atoms with Crippen molar-refractivity contribution in [2.45, 2.75) is 13.8 Å². The van der Waals surface area contributed by atoms with Crippen molar-refractivity contribution in [2.75, 3.05) is 7.11 Å². The lowest BCUT2D eigenvalue weighted by Crippen LogP contribution is -2.05. The van der Waals surface area contributed by atoms with Gasteiger partial charge in [-0.2, -0.15) is 0 Å². The first-order valence-corrected chi connectivity index (χ1v) is 5.53. The van der Waals surface area contributed by atoms with E-state index in [1.807, 2.05) is 13.8 Å². The number of hydrogen-bond acceptors (Lipinski definition) is 3. The fourth-order valence-electron chi connectivity index (χ4n) is 1.01. The molecule has 0 amide bonds. The minimum Gasteiger partial charge on any atom is -0.478 e. The number of esters is 1. The third-order valence-electron chi connectivity index (χ3n) is 1.68. The summed E-state index contributed by atoms with van der Waals surface area (Å²) in [7, 11) is 1.20.